The molecule has 0 aliphatic heterocycles. The first-order chi connectivity index (χ1) is 9.43. The van der Waals surface area contributed by atoms with E-state index in [4.69, 9.17) is 0 Å². The zero-order valence-corrected chi connectivity index (χ0v) is 16.7. The highest BCUT2D eigenvalue weighted by molar-refractivity contribution is 9.11. The summed E-state index contributed by atoms with van der Waals surface area (Å²) in [6.07, 6.45) is 0. The number of nitrogens with one attached hydrogen (secondary N) is 1. The summed E-state index contributed by atoms with van der Waals surface area (Å²) in [7, 11) is -1.82. The zero-order valence-electron chi connectivity index (χ0n) is 13.5. The van der Waals surface area contributed by atoms with Gasteiger partial charge in [-0.05, 0) is 27.4 Å². The molecule has 0 aliphatic carbocycles. The quantitative estimate of drug-likeness (QED) is 0.797. The highest BCUT2D eigenvalue weighted by atomic mass is 79.9. The fraction of sp³-hybridized carbons (Fsp3) is 0.714. The van der Waals surface area contributed by atoms with E-state index in [1.165, 1.54) is 15.6 Å². The summed E-state index contributed by atoms with van der Waals surface area (Å²) < 4.78 is 27.4. The Kier molecular flexibility index (Phi) is 6.44. The van der Waals surface area contributed by atoms with Crippen LogP contribution in [-0.4, -0.2) is 32.4 Å². The number of thiophene rings is 1. The largest absolute Gasteiger partial charge is 0.310 e. The maximum absolute atomic E-state index is 12.7. The van der Waals surface area contributed by atoms with Gasteiger partial charge < -0.3 is 5.32 Å². The lowest BCUT2D eigenvalue weighted by Gasteiger charge is -2.25. The van der Waals surface area contributed by atoms with E-state index in [0.717, 1.165) is 4.88 Å². The SMILES string of the molecule is CC(C)NCc1cc(S(=O)(=O)N(C)CC(C)(C)C)c(Br)s1. The fourth-order valence-corrected chi connectivity index (χ4v) is 5.86. The Labute approximate surface area is 141 Å². The Balaban J connectivity index is 2.98. The maximum Gasteiger partial charge on any atom is 0.244 e. The van der Waals surface area contributed by atoms with E-state index >= 15 is 0 Å². The van der Waals surface area contributed by atoms with Gasteiger partial charge in [0.15, 0.2) is 0 Å². The normalized spacial score (nSPS) is 13.4. The lowest BCUT2D eigenvalue weighted by atomic mass is 9.97. The lowest BCUT2D eigenvalue weighted by molar-refractivity contribution is 0.311. The van der Waals surface area contributed by atoms with Crippen LogP contribution in [0.4, 0.5) is 0 Å². The Hall–Kier alpha value is 0.0500. The summed E-state index contributed by atoms with van der Waals surface area (Å²) in [6.45, 7) is 11.4. The molecule has 0 saturated heterocycles. The third-order valence-corrected chi connectivity index (χ3v) is 6.83. The van der Waals surface area contributed by atoms with E-state index in [1.54, 1.807) is 13.1 Å². The molecule has 1 N–H and O–H groups in total. The van der Waals surface area contributed by atoms with E-state index in [9.17, 15) is 8.42 Å². The number of rotatable bonds is 6. The molecule has 0 unspecified atom stereocenters. The van der Waals surface area contributed by atoms with Gasteiger partial charge in [0.1, 0.15) is 4.90 Å². The van der Waals surface area contributed by atoms with Crippen molar-refractivity contribution >= 4 is 37.3 Å². The topological polar surface area (TPSA) is 49.4 Å². The van der Waals surface area contributed by atoms with Gasteiger partial charge in [-0.25, -0.2) is 12.7 Å². The van der Waals surface area contributed by atoms with Crippen LogP contribution in [0.2, 0.25) is 0 Å². The first kappa shape index (κ1) is 19.1. The van der Waals surface area contributed by atoms with Crippen molar-refractivity contribution < 1.29 is 8.42 Å². The molecule has 0 radical (unpaired) electrons. The first-order valence-electron chi connectivity index (χ1n) is 6.91. The molecule has 122 valence electrons. The minimum Gasteiger partial charge on any atom is -0.310 e. The van der Waals surface area contributed by atoms with E-state index in [-0.39, 0.29) is 5.41 Å². The van der Waals surface area contributed by atoms with Crippen molar-refractivity contribution in [3.05, 3.63) is 14.7 Å². The van der Waals surface area contributed by atoms with Gasteiger partial charge in [0.25, 0.3) is 0 Å². The molecule has 0 aliphatic rings. The van der Waals surface area contributed by atoms with Gasteiger partial charge in [-0.1, -0.05) is 34.6 Å². The smallest absolute Gasteiger partial charge is 0.244 e. The van der Waals surface area contributed by atoms with Crippen molar-refractivity contribution in [2.75, 3.05) is 13.6 Å². The van der Waals surface area contributed by atoms with Gasteiger partial charge in [-0.15, -0.1) is 11.3 Å². The second-order valence-electron chi connectivity index (χ2n) is 6.71. The minimum absolute atomic E-state index is 0.0770. The molecule has 1 heterocycles. The van der Waals surface area contributed by atoms with Crippen LogP contribution in [0.3, 0.4) is 0 Å². The van der Waals surface area contributed by atoms with E-state index in [2.05, 4.69) is 35.1 Å². The van der Waals surface area contributed by atoms with Crippen LogP contribution in [0, 0.1) is 5.41 Å². The van der Waals surface area contributed by atoms with Crippen molar-refractivity contribution in [2.24, 2.45) is 5.41 Å². The Morgan fingerprint density at radius 1 is 1.38 bits per heavy atom. The summed E-state index contributed by atoms with van der Waals surface area (Å²) >= 11 is 4.86. The molecule has 0 bridgehead atoms. The van der Waals surface area contributed by atoms with Crippen LogP contribution >= 0.6 is 27.3 Å². The van der Waals surface area contributed by atoms with Gasteiger partial charge >= 0.3 is 0 Å². The van der Waals surface area contributed by atoms with Crippen LogP contribution in [-0.2, 0) is 16.6 Å². The molecule has 0 aromatic carbocycles. The van der Waals surface area contributed by atoms with Crippen molar-refractivity contribution in [1.82, 2.24) is 9.62 Å². The van der Waals surface area contributed by atoms with Crippen molar-refractivity contribution in [3.8, 4) is 0 Å². The monoisotopic (exact) mass is 396 g/mol. The molecule has 1 aromatic heterocycles. The third-order valence-electron chi connectivity index (χ3n) is 2.78. The van der Waals surface area contributed by atoms with E-state index in [0.29, 0.717) is 27.8 Å². The predicted molar refractivity (Wildman–Crippen MR) is 93.3 cm³/mol. The highest BCUT2D eigenvalue weighted by Gasteiger charge is 2.28. The molecular weight excluding hydrogens is 372 g/mol. The van der Waals surface area contributed by atoms with E-state index in [1.807, 2.05) is 20.8 Å². The fourth-order valence-electron chi connectivity index (χ4n) is 1.89. The average Bonchev–Trinajstić information content (AvgIpc) is 2.66. The van der Waals surface area contributed by atoms with Crippen LogP contribution in [0.5, 0.6) is 0 Å². The summed E-state index contributed by atoms with van der Waals surface area (Å²) in [5, 5.41) is 3.30. The molecule has 0 spiro atoms. The van der Waals surface area contributed by atoms with Gasteiger partial charge in [-0.2, -0.15) is 0 Å². The molecule has 4 nitrogen and oxygen atoms in total. The first-order valence-corrected chi connectivity index (χ1v) is 9.96. The number of hydrogen-bond donors (Lipinski definition) is 1. The molecule has 7 heteroatoms. The van der Waals surface area contributed by atoms with Gasteiger partial charge in [-0.3, -0.25) is 0 Å². The van der Waals surface area contributed by atoms with Crippen LogP contribution in [0.15, 0.2) is 14.7 Å². The van der Waals surface area contributed by atoms with Gasteiger partial charge in [0.2, 0.25) is 10.0 Å². The van der Waals surface area contributed by atoms with Crippen molar-refractivity contribution in [3.63, 3.8) is 0 Å². The third kappa shape index (κ3) is 5.63. The zero-order chi connectivity index (χ0) is 16.4. The number of halogens is 1. The van der Waals surface area contributed by atoms with Crippen molar-refractivity contribution in [2.45, 2.75) is 52.1 Å². The molecule has 1 rings (SSSR count). The standard InChI is InChI=1S/C14H25BrN2O2S2/c1-10(2)16-8-11-7-12(13(15)20-11)21(18,19)17(6)9-14(3,4)5/h7,10,16H,8-9H2,1-6H3. The average molecular weight is 397 g/mol. The second-order valence-corrected chi connectivity index (χ2v) is 11.2. The summed E-state index contributed by atoms with van der Waals surface area (Å²) in [6, 6.07) is 2.13. The van der Waals surface area contributed by atoms with Crippen LogP contribution in [0.25, 0.3) is 0 Å². The molecular formula is C14H25BrN2O2S2. The Morgan fingerprint density at radius 3 is 2.43 bits per heavy atom. The lowest BCUT2D eigenvalue weighted by Crippen LogP contribution is -2.34. The minimum atomic E-state index is -3.45. The molecule has 21 heavy (non-hydrogen) atoms. The number of nitrogens with zero attached hydrogens (tertiary/aromatic N) is 1. The predicted octanol–water partition coefficient (Wildman–Crippen LogP) is 3.68. The van der Waals surface area contributed by atoms with E-state index < -0.39 is 10.0 Å². The molecule has 0 fully saturated rings. The number of hydrogen-bond acceptors (Lipinski definition) is 4. The summed E-state index contributed by atoms with van der Waals surface area (Å²) in [4.78, 5) is 1.37. The Bertz CT molecular complexity index is 574. The maximum atomic E-state index is 12.7. The summed E-state index contributed by atoms with van der Waals surface area (Å²) in [5.41, 5.74) is -0.0770. The number of sulfonamides is 1. The Morgan fingerprint density at radius 2 is 1.95 bits per heavy atom. The van der Waals surface area contributed by atoms with Gasteiger partial charge in [0.05, 0.1) is 3.79 Å². The molecule has 1 aromatic rings. The molecule has 0 amide bonds. The second kappa shape index (κ2) is 7.08. The highest BCUT2D eigenvalue weighted by Crippen LogP contribution is 2.34. The van der Waals surface area contributed by atoms with Gasteiger partial charge in [0, 0.05) is 31.1 Å². The molecule has 0 saturated carbocycles. The van der Waals surface area contributed by atoms with Crippen molar-refractivity contribution in [1.29, 1.82) is 0 Å². The van der Waals surface area contributed by atoms with Crippen LogP contribution < -0.4 is 5.32 Å². The molecule has 0 atom stereocenters. The summed E-state index contributed by atoms with van der Waals surface area (Å²) in [5.74, 6) is 0. The van der Waals surface area contributed by atoms with Crippen LogP contribution in [0.1, 0.15) is 39.5 Å².